The summed E-state index contributed by atoms with van der Waals surface area (Å²) in [7, 11) is -4.12. The first-order valence-corrected chi connectivity index (χ1v) is 7.22. The summed E-state index contributed by atoms with van der Waals surface area (Å²) in [5.41, 5.74) is 0.694. The average Bonchev–Trinajstić information content (AvgIpc) is 2.82. The molecule has 20 heavy (non-hydrogen) atoms. The summed E-state index contributed by atoms with van der Waals surface area (Å²) in [5, 5.41) is 3.92. The standard InChI is InChI=1S/C13H10N2O4S/c1-9-4-5-11-10(7-9)8-13(19-11)20(17,18)15-12(16)3-2-6-14-15/h2-8H,1H3. The molecule has 3 rings (SSSR count). The molecule has 7 heteroatoms. The first-order valence-electron chi connectivity index (χ1n) is 5.78. The van der Waals surface area contributed by atoms with E-state index in [1.165, 1.54) is 18.3 Å². The molecule has 6 nitrogen and oxygen atoms in total. The maximum absolute atomic E-state index is 12.3. The molecule has 1 aromatic carbocycles. The summed E-state index contributed by atoms with van der Waals surface area (Å²) in [6.45, 7) is 1.89. The molecule has 3 aromatic rings. The first-order chi connectivity index (χ1) is 9.48. The summed E-state index contributed by atoms with van der Waals surface area (Å²) in [5.74, 6) is 0. The third-order valence-electron chi connectivity index (χ3n) is 2.82. The second-order valence-corrected chi connectivity index (χ2v) is 6.01. The Labute approximate surface area is 114 Å². The van der Waals surface area contributed by atoms with Crippen LogP contribution in [-0.4, -0.2) is 17.6 Å². The SMILES string of the molecule is Cc1ccc2oc(S(=O)(=O)n3ncccc3=O)cc2c1. The van der Waals surface area contributed by atoms with E-state index < -0.39 is 15.6 Å². The number of benzene rings is 1. The van der Waals surface area contributed by atoms with E-state index in [0.717, 1.165) is 11.6 Å². The molecule has 0 atom stereocenters. The number of rotatable bonds is 2. The van der Waals surface area contributed by atoms with E-state index in [2.05, 4.69) is 5.10 Å². The molecular formula is C13H10N2O4S. The highest BCUT2D eigenvalue weighted by Gasteiger charge is 2.24. The summed E-state index contributed by atoms with van der Waals surface area (Å²) < 4.78 is 30.4. The Bertz CT molecular complexity index is 954. The molecule has 0 aliphatic carbocycles. The Morgan fingerprint density at radius 3 is 2.75 bits per heavy atom. The molecule has 2 aromatic heterocycles. The van der Waals surface area contributed by atoms with E-state index in [-0.39, 0.29) is 5.09 Å². The Morgan fingerprint density at radius 1 is 1.20 bits per heavy atom. The lowest BCUT2D eigenvalue weighted by Gasteiger charge is -2.01. The predicted octanol–water partition coefficient (Wildman–Crippen LogP) is 1.53. The van der Waals surface area contributed by atoms with Crippen molar-refractivity contribution in [3.63, 3.8) is 0 Å². The lowest BCUT2D eigenvalue weighted by Crippen LogP contribution is -2.28. The highest BCUT2D eigenvalue weighted by Crippen LogP contribution is 2.24. The zero-order valence-electron chi connectivity index (χ0n) is 10.5. The number of aryl methyl sites for hydroxylation is 1. The van der Waals surface area contributed by atoms with Crippen LogP contribution in [0.3, 0.4) is 0 Å². The normalized spacial score (nSPS) is 11.8. The van der Waals surface area contributed by atoms with Crippen LogP contribution in [0.15, 0.2) is 56.9 Å². The van der Waals surface area contributed by atoms with Gasteiger partial charge in [-0.05, 0) is 25.1 Å². The first kappa shape index (κ1) is 12.6. The van der Waals surface area contributed by atoms with Gasteiger partial charge in [-0.15, -0.1) is 4.09 Å². The van der Waals surface area contributed by atoms with E-state index >= 15 is 0 Å². The van der Waals surface area contributed by atoms with Gasteiger partial charge in [-0.1, -0.05) is 11.6 Å². The van der Waals surface area contributed by atoms with Gasteiger partial charge in [0, 0.05) is 23.7 Å². The Kier molecular flexibility index (Phi) is 2.72. The van der Waals surface area contributed by atoms with Gasteiger partial charge in [0.2, 0.25) is 5.09 Å². The van der Waals surface area contributed by atoms with Crippen molar-refractivity contribution in [3.8, 4) is 0 Å². The number of fused-ring (bicyclic) bond motifs is 1. The van der Waals surface area contributed by atoms with Crippen LogP contribution in [-0.2, 0) is 10.0 Å². The molecule has 2 heterocycles. The second-order valence-electron chi connectivity index (χ2n) is 4.32. The molecule has 0 saturated heterocycles. The third-order valence-corrected chi connectivity index (χ3v) is 4.26. The minimum atomic E-state index is -4.12. The quantitative estimate of drug-likeness (QED) is 0.715. The molecule has 0 saturated carbocycles. The van der Waals surface area contributed by atoms with Gasteiger partial charge in [0.1, 0.15) is 5.58 Å². The molecule has 102 valence electrons. The molecule has 0 bridgehead atoms. The minimum absolute atomic E-state index is 0.307. The molecular weight excluding hydrogens is 280 g/mol. The van der Waals surface area contributed by atoms with Crippen LogP contribution >= 0.6 is 0 Å². The largest absolute Gasteiger partial charge is 0.443 e. The van der Waals surface area contributed by atoms with E-state index in [1.54, 1.807) is 12.1 Å². The van der Waals surface area contributed by atoms with Crippen molar-refractivity contribution in [2.45, 2.75) is 12.0 Å². The number of hydrogen-bond donors (Lipinski definition) is 0. The van der Waals surface area contributed by atoms with Gasteiger partial charge in [-0.3, -0.25) is 4.79 Å². The third kappa shape index (κ3) is 1.92. The van der Waals surface area contributed by atoms with E-state index in [1.807, 2.05) is 13.0 Å². The van der Waals surface area contributed by atoms with Crippen molar-refractivity contribution < 1.29 is 12.8 Å². The molecule has 0 N–H and O–H groups in total. The maximum Gasteiger partial charge on any atom is 0.319 e. The van der Waals surface area contributed by atoms with Gasteiger partial charge in [-0.2, -0.15) is 13.5 Å². The van der Waals surface area contributed by atoms with Crippen molar-refractivity contribution in [3.05, 3.63) is 58.5 Å². The van der Waals surface area contributed by atoms with Crippen molar-refractivity contribution in [2.75, 3.05) is 0 Å². The van der Waals surface area contributed by atoms with Gasteiger partial charge in [0.05, 0.1) is 0 Å². The molecule has 0 aliphatic heterocycles. The van der Waals surface area contributed by atoms with Crippen LogP contribution < -0.4 is 5.56 Å². The molecule has 0 amide bonds. The van der Waals surface area contributed by atoms with E-state index in [9.17, 15) is 13.2 Å². The summed E-state index contributed by atoms with van der Waals surface area (Å²) in [6, 6.07) is 9.19. The summed E-state index contributed by atoms with van der Waals surface area (Å²) >= 11 is 0. The molecule has 0 aliphatic rings. The van der Waals surface area contributed by atoms with Crippen molar-refractivity contribution >= 4 is 21.0 Å². The van der Waals surface area contributed by atoms with Crippen LogP contribution in [0.5, 0.6) is 0 Å². The Hall–Kier alpha value is -2.41. The van der Waals surface area contributed by atoms with Gasteiger partial charge >= 0.3 is 10.0 Å². The van der Waals surface area contributed by atoms with Crippen LogP contribution in [0.1, 0.15) is 5.56 Å². The van der Waals surface area contributed by atoms with Gasteiger partial charge in [0.15, 0.2) is 0 Å². The predicted molar refractivity (Wildman–Crippen MR) is 72.0 cm³/mol. The van der Waals surface area contributed by atoms with Crippen LogP contribution in [0, 0.1) is 6.92 Å². The van der Waals surface area contributed by atoms with Gasteiger partial charge in [0.25, 0.3) is 5.56 Å². The zero-order valence-corrected chi connectivity index (χ0v) is 11.3. The highest BCUT2D eigenvalue weighted by atomic mass is 32.2. The zero-order chi connectivity index (χ0) is 14.3. The smallest absolute Gasteiger partial charge is 0.319 e. The number of nitrogens with zero attached hydrogens (tertiary/aromatic N) is 2. The second kappa shape index (κ2) is 4.31. The van der Waals surface area contributed by atoms with E-state index in [4.69, 9.17) is 4.42 Å². The molecule has 0 unspecified atom stereocenters. The van der Waals surface area contributed by atoms with Crippen molar-refractivity contribution in [1.82, 2.24) is 9.19 Å². The molecule has 0 fully saturated rings. The van der Waals surface area contributed by atoms with Crippen molar-refractivity contribution in [2.24, 2.45) is 0 Å². The minimum Gasteiger partial charge on any atom is -0.443 e. The highest BCUT2D eigenvalue weighted by molar-refractivity contribution is 7.89. The fourth-order valence-corrected chi connectivity index (χ4v) is 2.99. The Morgan fingerprint density at radius 2 is 2.00 bits per heavy atom. The fourth-order valence-electron chi connectivity index (χ4n) is 1.88. The monoisotopic (exact) mass is 290 g/mol. The Balaban J connectivity index is 2.24. The topological polar surface area (TPSA) is 82.2 Å². The number of aromatic nitrogens is 2. The molecule has 0 radical (unpaired) electrons. The van der Waals surface area contributed by atoms with Crippen LogP contribution in [0.25, 0.3) is 11.0 Å². The average molecular weight is 290 g/mol. The lowest BCUT2D eigenvalue weighted by atomic mass is 10.2. The van der Waals surface area contributed by atoms with Crippen LogP contribution in [0.4, 0.5) is 0 Å². The number of furan rings is 1. The summed E-state index contributed by atoms with van der Waals surface area (Å²) in [4.78, 5) is 11.6. The fraction of sp³-hybridized carbons (Fsp3) is 0.0769. The number of hydrogen-bond acceptors (Lipinski definition) is 5. The van der Waals surface area contributed by atoms with Crippen LogP contribution in [0.2, 0.25) is 0 Å². The summed E-state index contributed by atoms with van der Waals surface area (Å²) in [6.07, 6.45) is 1.23. The van der Waals surface area contributed by atoms with Gasteiger partial charge < -0.3 is 4.42 Å². The van der Waals surface area contributed by atoms with Crippen molar-refractivity contribution in [1.29, 1.82) is 0 Å². The lowest BCUT2D eigenvalue weighted by molar-refractivity contribution is 0.473. The maximum atomic E-state index is 12.3. The van der Waals surface area contributed by atoms with Gasteiger partial charge in [-0.25, -0.2) is 0 Å². The van der Waals surface area contributed by atoms with E-state index in [0.29, 0.717) is 15.1 Å². The molecule has 0 spiro atoms.